The third-order valence-electron chi connectivity index (χ3n) is 8.66. The molecule has 226 valence electrons. The molecule has 0 radical (unpaired) electrons. The molecule has 2 N–H and O–H groups in total. The molecule has 0 heterocycles. The molecule has 1 saturated carbocycles. The Morgan fingerprint density at radius 3 is 1.41 bits per heavy atom. The van der Waals surface area contributed by atoms with Gasteiger partial charge in [0.15, 0.2) is 0 Å². The molecule has 0 spiro atoms. The summed E-state index contributed by atoms with van der Waals surface area (Å²) in [6.07, 6.45) is 26.0. The van der Waals surface area contributed by atoms with Crippen LogP contribution in [0.5, 0.6) is 0 Å². The highest BCUT2D eigenvalue weighted by Crippen LogP contribution is 2.33. The van der Waals surface area contributed by atoms with Gasteiger partial charge in [0.2, 0.25) is 0 Å². The monoisotopic (exact) mass is 550 g/mol. The first kappa shape index (κ1) is 35.3. The fraction of sp³-hybridized carbons (Fsp3) is 0.879. The summed E-state index contributed by atoms with van der Waals surface area (Å²) >= 11 is 0. The van der Waals surface area contributed by atoms with E-state index in [4.69, 9.17) is 10.2 Å². The molecule has 1 rings (SSSR count). The minimum atomic E-state index is -0.898. The van der Waals surface area contributed by atoms with Crippen LogP contribution in [0.3, 0.4) is 0 Å². The van der Waals surface area contributed by atoms with Crippen LogP contribution in [0.4, 0.5) is 0 Å². The van der Waals surface area contributed by atoms with Crippen molar-refractivity contribution in [3.8, 4) is 0 Å². The van der Waals surface area contributed by atoms with Crippen LogP contribution in [0.1, 0.15) is 167 Å². The number of hydrogen-bond acceptors (Lipinski definition) is 4. The van der Waals surface area contributed by atoms with Crippen molar-refractivity contribution < 1.29 is 29.4 Å². The second kappa shape index (κ2) is 23.0. The third kappa shape index (κ3) is 19.9. The van der Waals surface area contributed by atoms with Crippen molar-refractivity contribution in [1.82, 2.24) is 0 Å². The second-order valence-corrected chi connectivity index (χ2v) is 12.3. The number of carbonyl (C=O) groups excluding carboxylic acids is 2. The highest BCUT2D eigenvalue weighted by molar-refractivity contribution is 5.85. The Hall–Kier alpha value is -1.72. The fourth-order valence-corrected chi connectivity index (χ4v) is 5.89. The summed E-state index contributed by atoms with van der Waals surface area (Å²) in [4.78, 5) is 46.0. The Morgan fingerprint density at radius 1 is 0.590 bits per heavy atom. The van der Waals surface area contributed by atoms with Gasteiger partial charge in [-0.25, -0.2) is 0 Å². The van der Waals surface area contributed by atoms with Gasteiger partial charge in [0.1, 0.15) is 11.6 Å². The number of hydrogen-bond donors (Lipinski definition) is 2. The van der Waals surface area contributed by atoms with Crippen LogP contribution >= 0.6 is 0 Å². The normalized spacial score (nSPS) is 18.1. The van der Waals surface area contributed by atoms with Crippen LogP contribution < -0.4 is 0 Å². The van der Waals surface area contributed by atoms with Gasteiger partial charge in [-0.05, 0) is 50.9 Å². The summed E-state index contributed by atoms with van der Waals surface area (Å²) in [7, 11) is 0. The molecular formula is C33H58O6. The maximum atomic E-state index is 12.3. The zero-order valence-corrected chi connectivity index (χ0v) is 24.9. The van der Waals surface area contributed by atoms with E-state index in [1.165, 1.54) is 77.0 Å². The molecular weight excluding hydrogens is 492 g/mol. The lowest BCUT2D eigenvalue weighted by molar-refractivity contribution is -0.143. The molecule has 0 bridgehead atoms. The van der Waals surface area contributed by atoms with E-state index in [0.29, 0.717) is 31.0 Å². The molecule has 1 aliphatic rings. The molecule has 1 aliphatic carbocycles. The standard InChI is InChI=1S/C33H58O6/c1-27(33(38)39)26-31(35)29-23-20-28(21-24-29)22-25-30(34)18-16-14-12-10-8-6-4-2-3-5-7-9-11-13-15-17-19-32(36)37/h27-29H,2-26H2,1H3,(H,36,37)(H,38,39)/t27-,28?,29?/m1/s1. The largest absolute Gasteiger partial charge is 0.481 e. The van der Waals surface area contributed by atoms with Crippen molar-refractivity contribution >= 4 is 23.5 Å². The Kier molecular flexibility index (Phi) is 20.8. The van der Waals surface area contributed by atoms with Crippen molar-refractivity contribution in [2.45, 2.75) is 167 Å². The lowest BCUT2D eigenvalue weighted by atomic mass is 9.76. The number of carbonyl (C=O) groups is 4. The first-order chi connectivity index (χ1) is 18.8. The number of unbranched alkanes of at least 4 members (excludes halogenated alkanes) is 15. The molecule has 0 unspecified atom stereocenters. The van der Waals surface area contributed by atoms with Gasteiger partial charge in [-0.2, -0.15) is 0 Å². The van der Waals surface area contributed by atoms with Gasteiger partial charge in [-0.15, -0.1) is 0 Å². The van der Waals surface area contributed by atoms with E-state index < -0.39 is 17.9 Å². The average molecular weight is 551 g/mol. The zero-order chi connectivity index (χ0) is 28.7. The minimum absolute atomic E-state index is 0.0175. The van der Waals surface area contributed by atoms with E-state index in [1.807, 2.05) is 0 Å². The summed E-state index contributed by atoms with van der Waals surface area (Å²) in [5.41, 5.74) is 0. The molecule has 0 aliphatic heterocycles. The maximum Gasteiger partial charge on any atom is 0.306 e. The second-order valence-electron chi connectivity index (χ2n) is 12.3. The zero-order valence-electron chi connectivity index (χ0n) is 24.9. The van der Waals surface area contributed by atoms with Crippen molar-refractivity contribution in [3.05, 3.63) is 0 Å². The molecule has 0 aromatic rings. The summed E-state index contributed by atoms with van der Waals surface area (Å²) in [5, 5.41) is 17.6. The Balaban J connectivity index is 1.84. The number of rotatable bonds is 26. The van der Waals surface area contributed by atoms with Gasteiger partial charge in [0, 0.05) is 31.6 Å². The molecule has 1 fully saturated rings. The van der Waals surface area contributed by atoms with Crippen molar-refractivity contribution in [3.63, 3.8) is 0 Å². The fourth-order valence-electron chi connectivity index (χ4n) is 5.89. The number of Topliss-reactive ketones (excluding diaryl/α,β-unsaturated/α-hetero) is 2. The smallest absolute Gasteiger partial charge is 0.306 e. The topological polar surface area (TPSA) is 109 Å². The molecule has 6 nitrogen and oxygen atoms in total. The van der Waals surface area contributed by atoms with Crippen molar-refractivity contribution in [2.24, 2.45) is 17.8 Å². The van der Waals surface area contributed by atoms with Crippen LogP contribution in [-0.2, 0) is 19.2 Å². The SMILES string of the molecule is C[C@H](CC(=O)C1CCC(CCC(=O)CCCCCCCCCCCCCCCCCCC(=O)O)CC1)C(=O)O. The average Bonchev–Trinajstić information content (AvgIpc) is 2.91. The molecule has 0 amide bonds. The van der Waals surface area contributed by atoms with Crippen LogP contribution in [0.25, 0.3) is 0 Å². The Bertz CT molecular complexity index is 680. The van der Waals surface area contributed by atoms with E-state index in [2.05, 4.69) is 0 Å². The first-order valence-electron chi connectivity index (χ1n) is 16.3. The van der Waals surface area contributed by atoms with Gasteiger partial charge in [0.05, 0.1) is 5.92 Å². The molecule has 0 saturated heterocycles. The van der Waals surface area contributed by atoms with Crippen molar-refractivity contribution in [1.29, 1.82) is 0 Å². The number of aliphatic carboxylic acids is 2. The van der Waals surface area contributed by atoms with Gasteiger partial charge < -0.3 is 10.2 Å². The first-order valence-corrected chi connectivity index (χ1v) is 16.3. The molecule has 0 aromatic carbocycles. The molecule has 1 atom stereocenters. The minimum Gasteiger partial charge on any atom is -0.481 e. The van der Waals surface area contributed by atoms with Crippen LogP contribution in [0, 0.1) is 17.8 Å². The number of ketones is 2. The van der Waals surface area contributed by atoms with Crippen LogP contribution in [0.2, 0.25) is 0 Å². The lowest BCUT2D eigenvalue weighted by Crippen LogP contribution is -2.25. The Labute approximate surface area is 238 Å². The highest BCUT2D eigenvalue weighted by Gasteiger charge is 2.28. The van der Waals surface area contributed by atoms with Crippen molar-refractivity contribution in [2.75, 3.05) is 0 Å². The van der Waals surface area contributed by atoms with Crippen LogP contribution in [0.15, 0.2) is 0 Å². The van der Waals surface area contributed by atoms with E-state index >= 15 is 0 Å². The molecule has 0 aromatic heterocycles. The number of carboxylic acids is 2. The predicted octanol–water partition coefficient (Wildman–Crippen LogP) is 8.93. The van der Waals surface area contributed by atoms with Gasteiger partial charge in [-0.1, -0.05) is 96.8 Å². The number of carboxylic acid groups (broad SMARTS) is 2. The van der Waals surface area contributed by atoms with Gasteiger partial charge in [-0.3, -0.25) is 19.2 Å². The summed E-state index contributed by atoms with van der Waals surface area (Å²) in [6.45, 7) is 1.60. The maximum absolute atomic E-state index is 12.3. The third-order valence-corrected chi connectivity index (χ3v) is 8.66. The Morgan fingerprint density at radius 2 is 1.00 bits per heavy atom. The predicted molar refractivity (Wildman–Crippen MR) is 157 cm³/mol. The van der Waals surface area contributed by atoms with E-state index in [-0.39, 0.29) is 18.1 Å². The lowest BCUT2D eigenvalue weighted by Gasteiger charge is -2.28. The molecule has 6 heteroatoms. The van der Waals surface area contributed by atoms with E-state index in [0.717, 1.165) is 57.8 Å². The highest BCUT2D eigenvalue weighted by atomic mass is 16.4. The van der Waals surface area contributed by atoms with E-state index in [9.17, 15) is 19.2 Å². The summed E-state index contributed by atoms with van der Waals surface area (Å²) in [5.74, 6) is -1.12. The summed E-state index contributed by atoms with van der Waals surface area (Å²) < 4.78 is 0. The summed E-state index contributed by atoms with van der Waals surface area (Å²) in [6, 6.07) is 0. The quantitative estimate of drug-likeness (QED) is 0.104. The van der Waals surface area contributed by atoms with Gasteiger partial charge >= 0.3 is 11.9 Å². The molecule has 39 heavy (non-hydrogen) atoms. The van der Waals surface area contributed by atoms with E-state index in [1.54, 1.807) is 6.92 Å². The van der Waals surface area contributed by atoms with Gasteiger partial charge in [0.25, 0.3) is 0 Å². The van der Waals surface area contributed by atoms with Crippen LogP contribution in [-0.4, -0.2) is 33.7 Å².